The molecule has 18 heavy (non-hydrogen) atoms. The van der Waals surface area contributed by atoms with Gasteiger partial charge in [0.2, 0.25) is 5.91 Å². The zero-order chi connectivity index (χ0) is 13.1. The summed E-state index contributed by atoms with van der Waals surface area (Å²) in [5, 5.41) is 18.9. The van der Waals surface area contributed by atoms with Crippen molar-refractivity contribution in [2.75, 3.05) is 11.0 Å². The smallest absolute Gasteiger partial charge is 0.230 e. The van der Waals surface area contributed by atoms with E-state index in [9.17, 15) is 15.0 Å². The maximum atomic E-state index is 12.0. The number of halogens is 1. The van der Waals surface area contributed by atoms with Gasteiger partial charge in [0.05, 0.1) is 6.42 Å². The number of hydrogen-bond acceptors (Lipinski definition) is 3. The van der Waals surface area contributed by atoms with Crippen LogP contribution in [0.3, 0.4) is 0 Å². The number of rotatable bonds is 3. The maximum Gasteiger partial charge on any atom is 0.230 e. The Kier molecular flexibility index (Phi) is 4.11. The molecule has 0 bridgehead atoms. The number of fused-ring (bicyclic) bond motifs is 1. The molecule has 1 aromatic carbocycles. The number of benzene rings is 1. The highest BCUT2D eigenvalue weighted by molar-refractivity contribution is 14.1. The van der Waals surface area contributed by atoms with Gasteiger partial charge in [-0.05, 0) is 35.8 Å². The van der Waals surface area contributed by atoms with Gasteiger partial charge in [-0.3, -0.25) is 4.79 Å². The molecule has 5 heteroatoms. The van der Waals surface area contributed by atoms with E-state index in [0.717, 1.165) is 22.0 Å². The van der Waals surface area contributed by atoms with Gasteiger partial charge in [0.1, 0.15) is 0 Å². The fraction of sp³-hybridized carbons (Fsp3) is 0.308. The Hall–Kier alpha value is -1.24. The molecule has 0 saturated heterocycles. The molecule has 1 aliphatic heterocycles. The van der Waals surface area contributed by atoms with Crippen molar-refractivity contribution in [2.24, 2.45) is 0 Å². The minimum absolute atomic E-state index is 0.0138. The Bertz CT molecular complexity index is 499. The second-order valence-corrected chi connectivity index (χ2v) is 5.24. The topological polar surface area (TPSA) is 60.8 Å². The van der Waals surface area contributed by atoms with E-state index in [1.165, 1.54) is 12.1 Å². The molecule has 0 radical (unpaired) electrons. The standard InChI is InChI=1S/C13H14INO3/c14-3-1-4-15-5-2-9-6-11(16)12(17)7-10(9)8-13(15)18/h2,5-7,16-17H,1,3-4,8H2. The molecule has 2 rings (SSSR count). The molecule has 96 valence electrons. The summed E-state index contributed by atoms with van der Waals surface area (Å²) in [6.07, 6.45) is 4.74. The monoisotopic (exact) mass is 359 g/mol. The van der Waals surface area contributed by atoms with Gasteiger partial charge in [0.15, 0.2) is 11.5 Å². The van der Waals surface area contributed by atoms with Gasteiger partial charge in [-0.15, -0.1) is 0 Å². The quantitative estimate of drug-likeness (QED) is 0.495. The first-order chi connectivity index (χ1) is 8.61. The second kappa shape index (κ2) is 5.60. The molecule has 1 aliphatic rings. The number of hydrogen-bond donors (Lipinski definition) is 2. The van der Waals surface area contributed by atoms with Crippen LogP contribution >= 0.6 is 22.6 Å². The van der Waals surface area contributed by atoms with E-state index in [4.69, 9.17) is 0 Å². The van der Waals surface area contributed by atoms with Crippen molar-refractivity contribution in [2.45, 2.75) is 12.8 Å². The molecule has 0 spiro atoms. The van der Waals surface area contributed by atoms with Crippen LogP contribution in [0, 0.1) is 0 Å². The molecule has 0 fully saturated rings. The first-order valence-corrected chi connectivity index (χ1v) is 7.23. The molecule has 0 unspecified atom stereocenters. The van der Waals surface area contributed by atoms with Gasteiger partial charge >= 0.3 is 0 Å². The van der Waals surface area contributed by atoms with Gasteiger partial charge in [0, 0.05) is 17.2 Å². The lowest BCUT2D eigenvalue weighted by Crippen LogP contribution is -2.27. The highest BCUT2D eigenvalue weighted by Gasteiger charge is 2.18. The SMILES string of the molecule is O=C1Cc2cc(O)c(O)cc2C=CN1CCCI. The Morgan fingerprint density at radius 3 is 2.72 bits per heavy atom. The summed E-state index contributed by atoms with van der Waals surface area (Å²) in [5.41, 5.74) is 1.51. The second-order valence-electron chi connectivity index (χ2n) is 4.16. The third kappa shape index (κ3) is 2.77. The van der Waals surface area contributed by atoms with Crippen LogP contribution in [0.15, 0.2) is 18.3 Å². The Balaban J connectivity index is 2.27. The van der Waals surface area contributed by atoms with Crippen molar-refractivity contribution in [3.63, 3.8) is 0 Å². The zero-order valence-corrected chi connectivity index (χ0v) is 11.9. The van der Waals surface area contributed by atoms with E-state index >= 15 is 0 Å². The normalized spacial score (nSPS) is 14.5. The Morgan fingerprint density at radius 2 is 2.00 bits per heavy atom. The van der Waals surface area contributed by atoms with Crippen LogP contribution in [-0.2, 0) is 11.2 Å². The number of amides is 1. The van der Waals surface area contributed by atoms with Gasteiger partial charge in [0.25, 0.3) is 0 Å². The molecule has 0 aliphatic carbocycles. The van der Waals surface area contributed by atoms with Crippen molar-refractivity contribution in [3.05, 3.63) is 29.5 Å². The van der Waals surface area contributed by atoms with E-state index in [0.29, 0.717) is 6.54 Å². The van der Waals surface area contributed by atoms with Gasteiger partial charge in [-0.2, -0.15) is 0 Å². The molecule has 2 N–H and O–H groups in total. The van der Waals surface area contributed by atoms with Crippen LogP contribution < -0.4 is 0 Å². The Labute approximate surface area is 119 Å². The number of phenols is 2. The molecule has 1 aromatic rings. The fourth-order valence-corrected chi connectivity index (χ4v) is 2.23. The molecule has 1 amide bonds. The largest absolute Gasteiger partial charge is 0.504 e. The lowest BCUT2D eigenvalue weighted by molar-refractivity contribution is -0.127. The summed E-state index contributed by atoms with van der Waals surface area (Å²) >= 11 is 2.28. The van der Waals surface area contributed by atoms with Crippen LogP contribution in [0.4, 0.5) is 0 Å². The number of phenolic OH excluding ortho intramolecular Hbond substituents is 2. The van der Waals surface area contributed by atoms with E-state index < -0.39 is 0 Å². The molecule has 0 saturated carbocycles. The summed E-state index contributed by atoms with van der Waals surface area (Å²) in [5.74, 6) is -0.331. The van der Waals surface area contributed by atoms with Crippen LogP contribution in [0.5, 0.6) is 11.5 Å². The first-order valence-electron chi connectivity index (χ1n) is 5.70. The molecule has 0 atom stereocenters. The molecule has 0 aromatic heterocycles. The van der Waals surface area contributed by atoms with Gasteiger partial charge in [-0.1, -0.05) is 22.6 Å². The predicted molar refractivity (Wildman–Crippen MR) is 77.7 cm³/mol. The summed E-state index contributed by atoms with van der Waals surface area (Å²) in [4.78, 5) is 13.7. The summed E-state index contributed by atoms with van der Waals surface area (Å²) in [6, 6.07) is 2.94. The molecule has 1 heterocycles. The molecule has 4 nitrogen and oxygen atoms in total. The van der Waals surface area contributed by atoms with Crippen molar-refractivity contribution < 1.29 is 15.0 Å². The summed E-state index contributed by atoms with van der Waals surface area (Å²) in [6.45, 7) is 0.699. The predicted octanol–water partition coefficient (Wildman–Crippen LogP) is 2.28. The lowest BCUT2D eigenvalue weighted by Gasteiger charge is -2.16. The highest BCUT2D eigenvalue weighted by atomic mass is 127. The lowest BCUT2D eigenvalue weighted by atomic mass is 10.0. The number of carbonyl (C=O) groups excluding carboxylic acids is 1. The van der Waals surface area contributed by atoms with Crippen molar-refractivity contribution >= 4 is 34.6 Å². The van der Waals surface area contributed by atoms with Gasteiger partial charge < -0.3 is 15.1 Å². The number of nitrogens with zero attached hydrogens (tertiary/aromatic N) is 1. The minimum Gasteiger partial charge on any atom is -0.504 e. The number of alkyl halides is 1. The third-order valence-electron chi connectivity index (χ3n) is 2.87. The van der Waals surface area contributed by atoms with E-state index in [-0.39, 0.29) is 23.8 Å². The highest BCUT2D eigenvalue weighted by Crippen LogP contribution is 2.30. The minimum atomic E-state index is -0.185. The summed E-state index contributed by atoms with van der Waals surface area (Å²) in [7, 11) is 0. The van der Waals surface area contributed by atoms with Gasteiger partial charge in [-0.25, -0.2) is 0 Å². The zero-order valence-electron chi connectivity index (χ0n) is 9.77. The van der Waals surface area contributed by atoms with Crippen molar-refractivity contribution in [1.82, 2.24) is 4.90 Å². The van der Waals surface area contributed by atoms with Crippen LogP contribution in [-0.4, -0.2) is 32.0 Å². The van der Waals surface area contributed by atoms with Crippen LogP contribution in [0.1, 0.15) is 17.5 Å². The van der Waals surface area contributed by atoms with Crippen LogP contribution in [0.25, 0.3) is 6.08 Å². The fourth-order valence-electron chi connectivity index (χ4n) is 1.89. The van der Waals surface area contributed by atoms with Crippen molar-refractivity contribution in [3.8, 4) is 11.5 Å². The van der Waals surface area contributed by atoms with E-state index in [1.54, 1.807) is 17.2 Å². The molecular weight excluding hydrogens is 345 g/mol. The van der Waals surface area contributed by atoms with Crippen molar-refractivity contribution in [1.29, 1.82) is 0 Å². The van der Waals surface area contributed by atoms with Crippen LogP contribution in [0.2, 0.25) is 0 Å². The Morgan fingerprint density at radius 1 is 1.28 bits per heavy atom. The summed E-state index contributed by atoms with van der Waals surface area (Å²) < 4.78 is 1.00. The first kappa shape index (κ1) is 13.2. The van der Waals surface area contributed by atoms with E-state index in [1.807, 2.05) is 0 Å². The number of aromatic hydroxyl groups is 2. The number of carbonyl (C=O) groups is 1. The maximum absolute atomic E-state index is 12.0. The molecular formula is C13H14INO3. The van der Waals surface area contributed by atoms with E-state index in [2.05, 4.69) is 22.6 Å². The third-order valence-corrected chi connectivity index (χ3v) is 3.63. The average molecular weight is 359 g/mol. The average Bonchev–Trinajstić information content (AvgIpc) is 2.47.